The Kier molecular flexibility index (Phi) is 25.4. The lowest BCUT2D eigenvalue weighted by atomic mass is 9.80. The third-order valence-electron chi connectivity index (χ3n) is 18.7. The molecule has 0 bridgehead atoms. The Bertz CT molecular complexity index is 6620. The normalized spacial score (nSPS) is 12.6. The molecule has 0 radical (unpaired) electrons. The Morgan fingerprint density at radius 2 is 0.847 bits per heavy atom. The van der Waals surface area contributed by atoms with Gasteiger partial charge in [-0.3, -0.25) is 14.8 Å². The minimum Gasteiger partial charge on any atom is -0.465 e. The number of aromatic amines is 2. The second kappa shape index (κ2) is 35.1. The van der Waals surface area contributed by atoms with Gasteiger partial charge in [0, 0.05) is 58.6 Å². The Hall–Kier alpha value is -13.6. The van der Waals surface area contributed by atoms with Gasteiger partial charge in [-0.1, -0.05) is 15.5 Å². The lowest BCUT2D eigenvalue weighted by Crippen LogP contribution is -2.32. The van der Waals surface area contributed by atoms with Gasteiger partial charge < -0.3 is 52.7 Å². The van der Waals surface area contributed by atoms with Crippen LogP contribution in [0.4, 0.5) is 62.3 Å². The molecule has 646 valence electrons. The van der Waals surface area contributed by atoms with Crippen LogP contribution in [0.2, 0.25) is 0 Å². The van der Waals surface area contributed by atoms with Gasteiger partial charge in [-0.25, -0.2) is 72.1 Å². The van der Waals surface area contributed by atoms with Crippen molar-refractivity contribution < 1.29 is 111 Å². The van der Waals surface area contributed by atoms with E-state index in [2.05, 4.69) is 66.3 Å². The van der Waals surface area contributed by atoms with Crippen LogP contribution in [0.5, 0.6) is 12.0 Å². The van der Waals surface area contributed by atoms with Gasteiger partial charge in [-0.05, 0) is 221 Å². The first kappa shape index (κ1) is 89.6. The number of nitrogens with zero attached hydrogens (tertiary/aromatic N) is 10. The first-order valence-corrected chi connectivity index (χ1v) is 38.0. The van der Waals surface area contributed by atoms with Crippen molar-refractivity contribution in [2.45, 2.75) is 119 Å². The highest BCUT2D eigenvalue weighted by Gasteiger charge is 2.45. The summed E-state index contributed by atoms with van der Waals surface area (Å²) >= 11 is 2.70. The van der Waals surface area contributed by atoms with Crippen LogP contribution in [0.3, 0.4) is 0 Å². The second-order valence-electron chi connectivity index (χ2n) is 29.7. The predicted octanol–water partition coefficient (Wildman–Crippen LogP) is 19.5. The highest BCUT2D eigenvalue weighted by molar-refractivity contribution is 9.10. The van der Waals surface area contributed by atoms with E-state index in [1.807, 2.05) is 0 Å². The molecular formula is C86H73BrF12N12O13. The van der Waals surface area contributed by atoms with Crippen LogP contribution in [-0.4, -0.2) is 112 Å². The van der Waals surface area contributed by atoms with Gasteiger partial charge in [0.1, 0.15) is 74.6 Å². The average Bonchev–Trinajstić information content (AvgIpc) is 1.52. The molecule has 2 atom stereocenters. The molecule has 124 heavy (non-hydrogen) atoms. The van der Waals surface area contributed by atoms with Crippen molar-refractivity contribution in [1.82, 2.24) is 59.5 Å². The zero-order valence-electron chi connectivity index (χ0n) is 67.8. The highest BCUT2D eigenvalue weighted by Crippen LogP contribution is 2.47. The van der Waals surface area contributed by atoms with Crippen molar-refractivity contribution in [2.75, 3.05) is 13.2 Å². The maximum Gasteiger partial charge on any atom is 0.423 e. The number of hydrogen-bond acceptors (Lipinski definition) is 21. The molecule has 0 aliphatic carbocycles. The standard InChI is InChI=1S/C31H28F4N4O5.C25H25FN4O5.C24H16F4N4O3.C6H2BrF3.H2/c1-7-42-28-37-27-20(31(41,25-9-8-18(32)14-36-25)19-12-22(34)23(35)13-21(19)33)10-17(26-15(2)38-44-16(26)3)11-24(27)39(28)29(40)43-30(4,5)6;1-7-33-23-28-21-17(22(31)18-9-8-16(26)12-27-18)10-15(20-13(2)29-35-14(20)3)11-19(21)30(23)24(32)34-25(4,5)6;1-10-21(11(2)35-32-10)12-5-15(22-19(6-12)30-23(33)31-22)24(34,20-4-3-13(25)9-29-20)14-7-17(27)18(28)8-16(14)26;7-3-1-5(9)6(10)2-4(3)8;/h8-14,41H,7H2,1-6H3;8-12H,7H2,1-6H3;3-9,34H,1-2H3,(H2,30,31,33);1-2H;1H/i;;;;1+1. The number of aliphatic hydroxyl groups is 2. The molecule has 0 aliphatic rings. The number of nitrogens with one attached hydrogen (secondary N) is 2. The predicted molar refractivity (Wildman–Crippen MR) is 428 cm³/mol. The number of carbonyl (C=O) groups is 3. The topological polar surface area (TPSA) is 330 Å². The summed E-state index contributed by atoms with van der Waals surface area (Å²) in [6, 6.07) is 18.3. The van der Waals surface area contributed by atoms with Crippen molar-refractivity contribution in [3.8, 4) is 45.4 Å². The van der Waals surface area contributed by atoms with Crippen LogP contribution >= 0.6 is 15.9 Å². The van der Waals surface area contributed by atoms with Crippen molar-refractivity contribution in [2.24, 2.45) is 0 Å². The molecule has 0 spiro atoms. The zero-order valence-corrected chi connectivity index (χ0v) is 69.4. The van der Waals surface area contributed by atoms with E-state index in [1.165, 1.54) is 22.8 Å². The van der Waals surface area contributed by atoms with Crippen molar-refractivity contribution >= 4 is 67.0 Å². The zero-order chi connectivity index (χ0) is 90.4. The maximum atomic E-state index is 15.6. The molecule has 9 heterocycles. The van der Waals surface area contributed by atoms with E-state index in [4.69, 9.17) is 32.5 Å². The van der Waals surface area contributed by atoms with Gasteiger partial charge in [0.15, 0.2) is 46.1 Å². The SMILES string of the molecule is CCOc1nc2c(C(=O)c3ccc(F)cn3)cc(-c3c(C)noc3C)cc2n1C(=O)OC(C)(C)C.CCOc1nc2c(C(O)(c3ccc(F)cn3)c3cc(F)c(F)cc3F)cc(-c3c(C)noc3C)cc2n1C(=O)OC(C)(C)C.Cc1noc(C)c1-c1cc(C(O)(c2ccc(F)cn2)c2cc(F)c(F)cc2F)c2[nH]c(=O)[nH]c2c1.Fc1cc(F)c(Br)cc1F.[2HH]. The molecule has 2 unspecified atom stereocenters. The van der Waals surface area contributed by atoms with Crippen molar-refractivity contribution in [3.05, 3.63) is 292 Å². The summed E-state index contributed by atoms with van der Waals surface area (Å²) in [6.07, 6.45) is 0.935. The molecule has 0 saturated carbocycles. The smallest absolute Gasteiger partial charge is 0.423 e. The molecule has 15 rings (SSSR count). The Morgan fingerprint density at radius 1 is 0.460 bits per heavy atom. The van der Waals surface area contributed by atoms with E-state index in [0.29, 0.717) is 91.5 Å². The number of hydrogen-bond donors (Lipinski definition) is 4. The van der Waals surface area contributed by atoms with E-state index in [-0.39, 0.29) is 105 Å². The Morgan fingerprint density at radius 3 is 1.25 bits per heavy atom. The summed E-state index contributed by atoms with van der Waals surface area (Å²) in [6.45, 7) is 24.1. The van der Waals surface area contributed by atoms with Crippen LogP contribution in [0.1, 0.15) is 141 Å². The largest absolute Gasteiger partial charge is 0.465 e. The molecule has 6 aromatic carbocycles. The van der Waals surface area contributed by atoms with E-state index in [1.54, 1.807) is 121 Å². The third-order valence-corrected chi connectivity index (χ3v) is 19.3. The number of fused-ring (bicyclic) bond motifs is 3. The second-order valence-corrected chi connectivity index (χ2v) is 30.6. The average molecular weight is 1790 g/mol. The third kappa shape index (κ3) is 18.0. The molecule has 15 aromatic rings. The van der Waals surface area contributed by atoms with Gasteiger partial charge in [-0.2, -0.15) is 19.1 Å². The molecule has 25 nitrogen and oxygen atoms in total. The highest BCUT2D eigenvalue weighted by atomic mass is 79.9. The molecule has 0 amide bonds. The number of aryl methyl sites for hydroxylation is 6. The van der Waals surface area contributed by atoms with E-state index < -0.39 is 127 Å². The minimum atomic E-state index is -2.73. The monoisotopic (exact) mass is 1790 g/mol. The Labute approximate surface area is 704 Å². The number of ketones is 1. The number of carbonyl (C=O) groups excluding carboxylic acids is 3. The molecule has 38 heteroatoms. The van der Waals surface area contributed by atoms with Gasteiger partial charge in [0.2, 0.25) is 5.78 Å². The van der Waals surface area contributed by atoms with Gasteiger partial charge in [0.25, 0.3) is 0 Å². The van der Waals surface area contributed by atoms with Crippen LogP contribution in [0, 0.1) is 111 Å². The number of ether oxygens (including phenoxy) is 4. The summed E-state index contributed by atoms with van der Waals surface area (Å²) in [5, 5.41) is 36.6. The molecule has 0 fully saturated rings. The van der Waals surface area contributed by atoms with Crippen molar-refractivity contribution in [3.63, 3.8) is 0 Å². The summed E-state index contributed by atoms with van der Waals surface area (Å²) in [7, 11) is 0. The van der Waals surface area contributed by atoms with Crippen LogP contribution in [-0.2, 0) is 20.7 Å². The number of rotatable bonds is 15. The number of pyridine rings is 3. The first-order valence-electron chi connectivity index (χ1n) is 37.2. The molecule has 4 N–H and O–H groups in total. The fourth-order valence-electron chi connectivity index (χ4n) is 13.5. The summed E-state index contributed by atoms with van der Waals surface area (Å²) in [5.41, 5.74) is -4.75. The van der Waals surface area contributed by atoms with Crippen LogP contribution in [0.25, 0.3) is 66.5 Å². The quantitative estimate of drug-likeness (QED) is 0.0421. The fourth-order valence-corrected chi connectivity index (χ4v) is 13.8. The van der Waals surface area contributed by atoms with Gasteiger partial charge >= 0.3 is 29.9 Å². The number of H-pyrrole nitrogens is 2. The summed E-state index contributed by atoms with van der Waals surface area (Å²) in [4.78, 5) is 78.3. The van der Waals surface area contributed by atoms with E-state index >= 15 is 8.78 Å². The molecular weight excluding hydrogens is 1720 g/mol. The van der Waals surface area contributed by atoms with Crippen LogP contribution < -0.4 is 15.2 Å². The van der Waals surface area contributed by atoms with Gasteiger partial charge in [0.05, 0.1) is 97.9 Å². The first-order chi connectivity index (χ1) is 58.3. The molecule has 9 aromatic heterocycles. The van der Waals surface area contributed by atoms with Crippen LogP contribution in [0.15, 0.2) is 151 Å². The number of benzene rings is 6. The lowest BCUT2D eigenvalue weighted by Gasteiger charge is -2.30. The van der Waals surface area contributed by atoms with E-state index in [0.717, 1.165) is 59.6 Å². The number of aromatic nitrogens is 12. The fraction of sp³-hybridized carbons (Fsp3) is 0.233. The van der Waals surface area contributed by atoms with E-state index in [9.17, 15) is 73.3 Å². The minimum absolute atomic E-state index is 0. The number of halogens is 13. The van der Waals surface area contributed by atoms with Crippen molar-refractivity contribution in [1.29, 1.82) is 0 Å². The van der Waals surface area contributed by atoms with Gasteiger partial charge in [-0.15, -0.1) is 0 Å². The summed E-state index contributed by atoms with van der Waals surface area (Å²) < 4.78 is 206. The molecule has 0 saturated heterocycles. The lowest BCUT2D eigenvalue weighted by molar-refractivity contribution is 0.0515. The maximum absolute atomic E-state index is 15.6. The molecule has 0 aliphatic heterocycles. The summed E-state index contributed by atoms with van der Waals surface area (Å²) in [5.74, 6) is -12.8. The Balaban J connectivity index is 0.000000173. The number of imidazole rings is 3.